The van der Waals surface area contributed by atoms with Gasteiger partial charge in [0.1, 0.15) is 5.75 Å². The highest BCUT2D eigenvalue weighted by molar-refractivity contribution is 7.89. The van der Waals surface area contributed by atoms with Gasteiger partial charge in [0.2, 0.25) is 0 Å². The molecular formula is C9H10N2O2S. The molecule has 0 aliphatic rings. The molecule has 0 amide bonds. The molecule has 0 aliphatic heterocycles. The van der Waals surface area contributed by atoms with Crippen LogP contribution in [-0.4, -0.2) is 20.8 Å². The van der Waals surface area contributed by atoms with E-state index in [1.165, 1.54) is 0 Å². The van der Waals surface area contributed by atoms with E-state index < -0.39 is 11.2 Å². The molecule has 1 aromatic heterocycles. The van der Waals surface area contributed by atoms with Crippen molar-refractivity contribution < 1.29 is 4.55 Å². The molecule has 0 bridgehead atoms. The highest BCUT2D eigenvalue weighted by Crippen LogP contribution is 2.12. The number of aromatic amines is 2. The van der Waals surface area contributed by atoms with E-state index >= 15 is 0 Å². The molecule has 0 saturated carbocycles. The molecule has 5 heteroatoms. The van der Waals surface area contributed by atoms with Gasteiger partial charge in [0.25, 0.3) is 0 Å². The van der Waals surface area contributed by atoms with E-state index in [0.29, 0.717) is 5.75 Å². The minimum atomic E-state index is -0.855. The summed E-state index contributed by atoms with van der Waals surface area (Å²) < 4.78 is 11.0. The Morgan fingerprint density at radius 3 is 2.79 bits per heavy atom. The third-order valence-corrected chi connectivity index (χ3v) is 2.69. The summed E-state index contributed by atoms with van der Waals surface area (Å²) in [6, 6.07) is 5.53. The maximum atomic E-state index is 11.0. The van der Waals surface area contributed by atoms with Crippen LogP contribution < -0.4 is 5.69 Å². The maximum absolute atomic E-state index is 11.0. The fourth-order valence-electron chi connectivity index (χ4n) is 1.40. The molecule has 4 nitrogen and oxygen atoms in total. The summed E-state index contributed by atoms with van der Waals surface area (Å²) in [4.78, 5) is 16.3. The Hall–Kier alpha value is -1.20. The van der Waals surface area contributed by atoms with Gasteiger partial charge in [0.15, 0.2) is 0 Å². The summed E-state index contributed by atoms with van der Waals surface area (Å²) in [6.07, 6.45) is 1.66. The van der Waals surface area contributed by atoms with Crippen molar-refractivity contribution >= 4 is 22.2 Å². The Labute approximate surface area is 83.5 Å². The number of fused-ring (bicyclic) bond motifs is 1. The Bertz CT molecular complexity index is 501. The third-order valence-electron chi connectivity index (χ3n) is 1.95. The van der Waals surface area contributed by atoms with Crippen molar-refractivity contribution in [2.24, 2.45) is 0 Å². The van der Waals surface area contributed by atoms with Gasteiger partial charge in [-0.1, -0.05) is 17.2 Å². The smallest absolute Gasteiger partial charge is 0.323 e. The average molecular weight is 210 g/mol. The molecule has 2 N–H and O–H groups in total. The lowest BCUT2D eigenvalue weighted by molar-refractivity contribution is 0.600. The third kappa shape index (κ3) is 1.83. The lowest BCUT2D eigenvalue weighted by Crippen LogP contribution is -2.00. The minimum Gasteiger partial charge on any atom is -0.616 e. The first-order valence-corrected chi connectivity index (χ1v) is 5.89. The topological polar surface area (TPSA) is 71.7 Å². The van der Waals surface area contributed by atoms with E-state index in [-0.39, 0.29) is 5.69 Å². The predicted octanol–water partition coefficient (Wildman–Crippen LogP) is 0.735. The minimum absolute atomic E-state index is 0.213. The number of imidazole rings is 1. The molecule has 1 unspecified atom stereocenters. The monoisotopic (exact) mass is 210 g/mol. The van der Waals surface area contributed by atoms with Crippen molar-refractivity contribution in [3.63, 3.8) is 0 Å². The Morgan fingerprint density at radius 1 is 1.36 bits per heavy atom. The molecule has 1 atom stereocenters. The van der Waals surface area contributed by atoms with Crippen molar-refractivity contribution in [3.8, 4) is 0 Å². The number of hydrogen-bond acceptors (Lipinski definition) is 2. The zero-order chi connectivity index (χ0) is 10.1. The molecule has 0 radical (unpaired) electrons. The van der Waals surface area contributed by atoms with Crippen molar-refractivity contribution in [2.45, 2.75) is 5.75 Å². The normalized spacial score (nSPS) is 13.3. The molecule has 0 spiro atoms. The summed E-state index contributed by atoms with van der Waals surface area (Å²) in [5.41, 5.74) is 2.29. The van der Waals surface area contributed by atoms with Crippen molar-refractivity contribution in [2.75, 3.05) is 6.26 Å². The Kier molecular flexibility index (Phi) is 2.35. The highest BCUT2D eigenvalue weighted by Gasteiger charge is 2.03. The largest absolute Gasteiger partial charge is 0.616 e. The molecule has 1 aromatic carbocycles. The first-order chi connectivity index (χ1) is 6.65. The van der Waals surface area contributed by atoms with E-state index in [4.69, 9.17) is 0 Å². The Morgan fingerprint density at radius 2 is 2.07 bits per heavy atom. The van der Waals surface area contributed by atoms with Gasteiger partial charge in [-0.2, -0.15) is 0 Å². The van der Waals surface area contributed by atoms with Crippen LogP contribution in [0.3, 0.4) is 0 Å². The standard InChI is InChI=1S/C9H10N2O2S/c1-14(13)5-6-2-3-7-8(4-6)11-9(12)10-7/h2-4H,5H2,1H3,(H2,10,11,12). The lowest BCUT2D eigenvalue weighted by atomic mass is 10.2. The van der Waals surface area contributed by atoms with Crippen LogP contribution in [0.2, 0.25) is 0 Å². The number of nitrogens with one attached hydrogen (secondary N) is 2. The van der Waals surface area contributed by atoms with Gasteiger partial charge in [-0.3, -0.25) is 0 Å². The van der Waals surface area contributed by atoms with Crippen LogP contribution >= 0.6 is 0 Å². The number of aromatic nitrogens is 2. The quantitative estimate of drug-likeness (QED) is 0.717. The Balaban J connectivity index is 2.45. The van der Waals surface area contributed by atoms with Gasteiger partial charge >= 0.3 is 5.69 Å². The second-order valence-electron chi connectivity index (χ2n) is 3.18. The number of rotatable bonds is 2. The van der Waals surface area contributed by atoms with Crippen LogP contribution in [0.15, 0.2) is 23.0 Å². The van der Waals surface area contributed by atoms with Gasteiger partial charge in [0, 0.05) is 5.56 Å². The molecule has 2 rings (SSSR count). The SMILES string of the molecule is C[S+]([O-])Cc1ccc2[nH]c(=O)[nH]c2c1. The van der Waals surface area contributed by atoms with Gasteiger partial charge in [0.05, 0.1) is 17.3 Å². The summed E-state index contributed by atoms with van der Waals surface area (Å²) in [6.45, 7) is 0. The molecule has 14 heavy (non-hydrogen) atoms. The fraction of sp³-hybridized carbons (Fsp3) is 0.222. The van der Waals surface area contributed by atoms with Gasteiger partial charge < -0.3 is 14.5 Å². The number of benzene rings is 1. The summed E-state index contributed by atoms with van der Waals surface area (Å²) in [7, 11) is 0. The van der Waals surface area contributed by atoms with Gasteiger partial charge in [-0.15, -0.1) is 0 Å². The van der Waals surface area contributed by atoms with Crippen LogP contribution in [0.4, 0.5) is 0 Å². The number of hydrogen-bond donors (Lipinski definition) is 2. The van der Waals surface area contributed by atoms with Crippen LogP contribution in [0.5, 0.6) is 0 Å². The molecule has 2 aromatic rings. The van der Waals surface area contributed by atoms with E-state index in [0.717, 1.165) is 16.6 Å². The van der Waals surface area contributed by atoms with Crippen LogP contribution in [0, 0.1) is 0 Å². The van der Waals surface area contributed by atoms with Crippen LogP contribution in [0.1, 0.15) is 5.56 Å². The van der Waals surface area contributed by atoms with E-state index in [1.807, 2.05) is 18.2 Å². The number of H-pyrrole nitrogens is 2. The zero-order valence-corrected chi connectivity index (χ0v) is 8.48. The maximum Gasteiger partial charge on any atom is 0.323 e. The second kappa shape index (κ2) is 3.51. The lowest BCUT2D eigenvalue weighted by Gasteiger charge is -2.04. The van der Waals surface area contributed by atoms with E-state index in [1.54, 1.807) is 6.26 Å². The average Bonchev–Trinajstić information content (AvgIpc) is 2.42. The van der Waals surface area contributed by atoms with Crippen molar-refractivity contribution in [1.82, 2.24) is 9.97 Å². The van der Waals surface area contributed by atoms with Gasteiger partial charge in [-0.25, -0.2) is 4.79 Å². The zero-order valence-electron chi connectivity index (χ0n) is 7.66. The highest BCUT2D eigenvalue weighted by atomic mass is 32.2. The van der Waals surface area contributed by atoms with Crippen LogP contribution in [0.25, 0.3) is 11.0 Å². The van der Waals surface area contributed by atoms with E-state index in [2.05, 4.69) is 9.97 Å². The molecular weight excluding hydrogens is 200 g/mol. The predicted molar refractivity (Wildman–Crippen MR) is 56.7 cm³/mol. The first-order valence-electron chi connectivity index (χ1n) is 4.16. The summed E-state index contributed by atoms with van der Waals surface area (Å²) in [5, 5.41) is 0. The van der Waals surface area contributed by atoms with Crippen molar-refractivity contribution in [1.29, 1.82) is 0 Å². The molecule has 1 heterocycles. The molecule has 0 fully saturated rings. The first kappa shape index (κ1) is 9.36. The fourth-order valence-corrected chi connectivity index (χ4v) is 2.05. The van der Waals surface area contributed by atoms with Gasteiger partial charge in [-0.05, 0) is 12.1 Å². The molecule has 0 saturated heterocycles. The van der Waals surface area contributed by atoms with Crippen molar-refractivity contribution in [3.05, 3.63) is 34.2 Å². The molecule has 74 valence electrons. The molecule has 0 aliphatic carbocycles. The van der Waals surface area contributed by atoms with E-state index in [9.17, 15) is 9.35 Å². The second-order valence-corrected chi connectivity index (χ2v) is 4.61. The van der Waals surface area contributed by atoms with Crippen LogP contribution in [-0.2, 0) is 16.9 Å². The summed E-state index contributed by atoms with van der Waals surface area (Å²) in [5.74, 6) is 0.517. The summed E-state index contributed by atoms with van der Waals surface area (Å²) >= 11 is -0.855.